The van der Waals surface area contributed by atoms with E-state index in [-0.39, 0.29) is 0 Å². The van der Waals surface area contributed by atoms with E-state index in [4.69, 9.17) is 32.9 Å². The zero-order valence-electron chi connectivity index (χ0n) is 42.5. The normalized spacial score (nSPS) is 31.1. The maximum atomic E-state index is 9.10. The summed E-state index contributed by atoms with van der Waals surface area (Å²) in [6.45, 7) is 0. The molecule has 6 aliphatic rings. The molecule has 16 heteroatoms. The largest absolute Gasteiger partial charge is 0.409 e. The average molecular weight is 1150 g/mol. The summed E-state index contributed by atoms with van der Waals surface area (Å²) >= 11 is 0. The van der Waals surface area contributed by atoms with Crippen molar-refractivity contribution in [3.63, 3.8) is 0 Å². The highest BCUT2D eigenvalue weighted by Crippen LogP contribution is 2.53. The molecular weight excluding hydrogens is 1100 g/mol. The van der Waals surface area contributed by atoms with Crippen LogP contribution in [0.3, 0.4) is 0 Å². The van der Waals surface area contributed by atoms with Gasteiger partial charge in [0.2, 0.25) is 0 Å². The molecule has 0 aromatic heterocycles. The van der Waals surface area contributed by atoms with Gasteiger partial charge in [-0.05, 0) is 68.6 Å². The Labute approximate surface area is 461 Å². The van der Waals surface area contributed by atoms with Gasteiger partial charge < -0.3 is 32.9 Å². The van der Waals surface area contributed by atoms with Gasteiger partial charge in [-0.3, -0.25) is 0 Å². The Morgan fingerprint density at radius 1 is 0.192 bits per heavy atom. The molecule has 0 radical (unpaired) electrons. The average Bonchev–Trinajstić information content (AvgIpc) is 2.61. The molecule has 6 heterocycles. The summed E-state index contributed by atoms with van der Waals surface area (Å²) in [6.07, 6.45) is 0. The van der Waals surface area contributed by atoms with E-state index in [1.54, 1.807) is 0 Å². The predicted molar refractivity (Wildman–Crippen MR) is 326 cm³/mol. The first kappa shape index (κ1) is 47.8. The fourth-order valence-corrected chi connectivity index (χ4v) is 79.8. The first-order chi connectivity index (χ1) is 38.3. The van der Waals surface area contributed by atoms with E-state index in [9.17, 15) is 0 Å². The standard InChI is InChI=1S/C62H52O8Si8/c1-8-25-52(26-9-1)71-45-72(53-27-10-2-11-28-53)65-75(56-33-16-5-17-34-56)46-73(63-71,54-29-12-3-13-30-54)66-76(57-35-18-6-19-36-57)47-74(64-71,55-31-14-4-15-32-55)68-77(67-72,58-37-20-7-21-38-58)48-78(69-75,70-76)60-44-42-51-40-39-49-23-22-24-50-41-43-59(60)62(51)61(49)50/h1-44H,45-48H2. The highest BCUT2D eigenvalue weighted by atomic mass is 28.6. The molecule has 6 fully saturated rings. The summed E-state index contributed by atoms with van der Waals surface area (Å²) in [7, 11) is -32.6. The van der Waals surface area contributed by atoms with Gasteiger partial charge in [0.1, 0.15) is 0 Å². The van der Waals surface area contributed by atoms with Gasteiger partial charge >= 0.3 is 68.5 Å². The van der Waals surface area contributed by atoms with E-state index in [1.807, 2.05) is 0 Å². The fourth-order valence-electron chi connectivity index (χ4n) is 13.8. The van der Waals surface area contributed by atoms with Crippen molar-refractivity contribution < 1.29 is 32.9 Å². The van der Waals surface area contributed by atoms with Gasteiger partial charge in [0.25, 0.3) is 0 Å². The summed E-state index contributed by atoms with van der Waals surface area (Å²) in [5.41, 5.74) is 1.42. The predicted octanol–water partition coefficient (Wildman–Crippen LogP) is 8.04. The molecule has 8 atom stereocenters. The minimum absolute atomic E-state index is 0.344. The molecular formula is C62H52O8Si8. The second-order valence-corrected chi connectivity index (χ2v) is 50.4. The van der Waals surface area contributed by atoms with Crippen LogP contribution in [0.2, 0.25) is 22.7 Å². The first-order valence-electron chi connectivity index (χ1n) is 26.9. The van der Waals surface area contributed by atoms with Gasteiger partial charge in [-0.2, -0.15) is 0 Å². The van der Waals surface area contributed by atoms with E-state index in [1.165, 1.54) is 21.5 Å². The molecule has 380 valence electrons. The Morgan fingerprint density at radius 2 is 0.423 bits per heavy atom. The molecule has 11 aromatic carbocycles. The van der Waals surface area contributed by atoms with Gasteiger partial charge in [0, 0.05) is 27.9 Å². The zero-order valence-corrected chi connectivity index (χ0v) is 50.5. The Bertz CT molecular complexity index is 3740. The lowest BCUT2D eigenvalue weighted by molar-refractivity contribution is 0.195. The van der Waals surface area contributed by atoms with Crippen LogP contribution in [0.15, 0.2) is 267 Å². The van der Waals surface area contributed by atoms with E-state index >= 15 is 0 Å². The van der Waals surface area contributed by atoms with Crippen LogP contribution in [0.25, 0.3) is 32.3 Å². The monoisotopic (exact) mass is 1150 g/mol. The summed E-state index contributed by atoms with van der Waals surface area (Å²) in [4.78, 5) is 0. The molecule has 0 spiro atoms. The maximum absolute atomic E-state index is 9.10. The van der Waals surface area contributed by atoms with Gasteiger partial charge in [-0.25, -0.2) is 0 Å². The molecule has 0 saturated carbocycles. The molecule has 8 bridgehead atoms. The highest BCUT2D eigenvalue weighted by Gasteiger charge is 2.81. The van der Waals surface area contributed by atoms with Crippen LogP contribution in [-0.4, -0.2) is 68.5 Å². The zero-order chi connectivity index (χ0) is 51.7. The second-order valence-electron chi connectivity index (χ2n) is 21.6. The van der Waals surface area contributed by atoms with E-state index in [0.29, 0.717) is 22.7 Å². The van der Waals surface area contributed by atoms with Crippen LogP contribution >= 0.6 is 0 Å². The van der Waals surface area contributed by atoms with Crippen molar-refractivity contribution in [2.75, 3.05) is 0 Å². The fraction of sp³-hybridized carbons (Fsp3) is 0.0645. The summed E-state index contributed by atoms with van der Waals surface area (Å²) in [5.74, 6) is 0. The highest BCUT2D eigenvalue weighted by molar-refractivity contribution is 7.23. The topological polar surface area (TPSA) is 73.8 Å². The van der Waals surface area contributed by atoms with Crippen molar-refractivity contribution in [2.45, 2.75) is 22.7 Å². The third-order valence-electron chi connectivity index (χ3n) is 16.9. The number of benzene rings is 11. The maximum Gasteiger partial charge on any atom is 0.358 e. The van der Waals surface area contributed by atoms with Crippen molar-refractivity contribution in [3.05, 3.63) is 267 Å². The van der Waals surface area contributed by atoms with E-state index in [0.717, 1.165) is 52.3 Å². The van der Waals surface area contributed by atoms with Crippen LogP contribution in [0.4, 0.5) is 0 Å². The molecule has 78 heavy (non-hydrogen) atoms. The van der Waals surface area contributed by atoms with Crippen LogP contribution in [0.5, 0.6) is 0 Å². The van der Waals surface area contributed by atoms with Crippen molar-refractivity contribution in [1.29, 1.82) is 0 Å². The number of rotatable bonds is 8. The van der Waals surface area contributed by atoms with Gasteiger partial charge in [-0.15, -0.1) is 0 Å². The van der Waals surface area contributed by atoms with Crippen LogP contribution in [0, 0.1) is 0 Å². The van der Waals surface area contributed by atoms with Gasteiger partial charge in [-0.1, -0.05) is 267 Å². The number of hydrogen-bond acceptors (Lipinski definition) is 8. The smallest absolute Gasteiger partial charge is 0.358 e. The lowest BCUT2D eigenvalue weighted by Crippen LogP contribution is -2.93. The van der Waals surface area contributed by atoms with Gasteiger partial charge in [0.15, 0.2) is 0 Å². The van der Waals surface area contributed by atoms with Crippen molar-refractivity contribution >= 4 is 142 Å². The van der Waals surface area contributed by atoms with Crippen LogP contribution in [-0.2, 0) is 32.9 Å². The Kier molecular flexibility index (Phi) is 10.8. The lowest BCUT2D eigenvalue weighted by atomic mass is 9.94. The Hall–Kier alpha value is -6.12. The molecule has 6 saturated heterocycles. The second kappa shape index (κ2) is 17.7. The van der Waals surface area contributed by atoms with Crippen molar-refractivity contribution in [3.8, 4) is 0 Å². The Balaban J connectivity index is 1.13. The molecule has 0 N–H and O–H groups in total. The molecule has 8 unspecified atom stereocenters. The Morgan fingerprint density at radius 3 is 0.718 bits per heavy atom. The molecule has 17 rings (SSSR count). The number of hydrogen-bond donors (Lipinski definition) is 0. The lowest BCUT2D eigenvalue weighted by Gasteiger charge is -2.65. The third kappa shape index (κ3) is 7.18. The summed E-state index contributed by atoms with van der Waals surface area (Å²) < 4.78 is 71.5. The van der Waals surface area contributed by atoms with Crippen LogP contribution < -0.4 is 41.5 Å². The van der Waals surface area contributed by atoms with Crippen molar-refractivity contribution in [2.24, 2.45) is 0 Å². The van der Waals surface area contributed by atoms with Crippen molar-refractivity contribution in [1.82, 2.24) is 0 Å². The minimum Gasteiger partial charge on any atom is -0.409 e. The minimum atomic E-state index is -4.22. The van der Waals surface area contributed by atoms with Gasteiger partial charge in [0.05, 0.1) is 0 Å². The third-order valence-corrected chi connectivity index (χ3v) is 62.7. The molecule has 11 aromatic rings. The van der Waals surface area contributed by atoms with Crippen LogP contribution in [0.1, 0.15) is 0 Å². The molecule has 8 nitrogen and oxygen atoms in total. The van der Waals surface area contributed by atoms with E-state index in [2.05, 4.69) is 267 Å². The first-order valence-corrected chi connectivity index (χ1v) is 43.1. The molecule has 0 amide bonds. The van der Waals surface area contributed by atoms with E-state index < -0.39 is 68.5 Å². The summed E-state index contributed by atoms with van der Waals surface area (Å²) in [5, 5.41) is 15.0. The molecule has 0 aliphatic carbocycles. The SMILES string of the molecule is c1ccc([Si]23C[Si]4(c5ccccc5)O[Si]5(c6ccccc6)C[Si]6(c7ccccc7)O[Si](c7ccccc7)(C[Si](c7ccccc7)(O2)O5)O[Si](c2ccccc2)(C[Si](c2ccc5ccc7cccc8ccc2c5c78)(O4)O6)O3)cc1. The summed E-state index contributed by atoms with van der Waals surface area (Å²) in [6, 6.07) is 95.6. The molecule has 6 aliphatic heterocycles. The quantitative estimate of drug-likeness (QED) is 0.112.